The van der Waals surface area contributed by atoms with Crippen LogP contribution >= 0.6 is 0 Å². The van der Waals surface area contributed by atoms with Crippen LogP contribution in [0.4, 0.5) is 0 Å². The van der Waals surface area contributed by atoms with Crippen molar-refractivity contribution in [1.82, 2.24) is 5.32 Å². The first-order valence-corrected chi connectivity index (χ1v) is 7.39. The molecular weight excluding hydrogens is 270 g/mol. The van der Waals surface area contributed by atoms with Gasteiger partial charge in [0, 0.05) is 18.4 Å². The monoisotopic (exact) mass is 285 g/mol. The van der Waals surface area contributed by atoms with Gasteiger partial charge >= 0.3 is 5.97 Å². The highest BCUT2D eigenvalue weighted by Gasteiger charge is 2.11. The Bertz CT molecular complexity index is 580. The first kappa shape index (κ1) is 15.2. The minimum absolute atomic E-state index is 0.0635. The zero-order valence-electron chi connectivity index (χ0n) is 10.7. The second kappa shape index (κ2) is 6.33. The minimum atomic E-state index is -3.35. The van der Waals surface area contributed by atoms with Crippen LogP contribution < -0.4 is 5.32 Å². The molecule has 0 atom stereocenters. The van der Waals surface area contributed by atoms with Gasteiger partial charge in [0.2, 0.25) is 0 Å². The van der Waals surface area contributed by atoms with Crippen LogP contribution in [0.1, 0.15) is 16.8 Å². The molecule has 0 aliphatic heterocycles. The number of hydrogen-bond donors (Lipinski definition) is 1. The number of methoxy groups -OCH3 is 1. The Morgan fingerprint density at radius 1 is 1.32 bits per heavy atom. The molecule has 7 heteroatoms. The van der Waals surface area contributed by atoms with E-state index in [-0.39, 0.29) is 23.4 Å². The summed E-state index contributed by atoms with van der Waals surface area (Å²) in [4.78, 5) is 22.7. The molecule has 1 aromatic carbocycles. The van der Waals surface area contributed by atoms with Crippen molar-refractivity contribution < 1.29 is 22.7 Å². The lowest BCUT2D eigenvalue weighted by Gasteiger charge is -2.05. The van der Waals surface area contributed by atoms with Gasteiger partial charge in [0.05, 0.1) is 18.4 Å². The smallest absolute Gasteiger partial charge is 0.307 e. The van der Waals surface area contributed by atoms with Crippen LogP contribution in [0.25, 0.3) is 0 Å². The number of benzene rings is 1. The van der Waals surface area contributed by atoms with Crippen molar-refractivity contribution in [2.24, 2.45) is 0 Å². The van der Waals surface area contributed by atoms with Crippen LogP contribution in [0.3, 0.4) is 0 Å². The van der Waals surface area contributed by atoms with Gasteiger partial charge in [0.15, 0.2) is 9.84 Å². The molecule has 0 fully saturated rings. The Morgan fingerprint density at radius 2 is 2.00 bits per heavy atom. The fourth-order valence-corrected chi connectivity index (χ4v) is 2.02. The van der Waals surface area contributed by atoms with E-state index in [1.54, 1.807) is 0 Å². The summed E-state index contributed by atoms with van der Waals surface area (Å²) < 4.78 is 27.1. The third-order valence-corrected chi connectivity index (χ3v) is 3.48. The summed E-state index contributed by atoms with van der Waals surface area (Å²) in [6.07, 6.45) is 1.13. The second-order valence-corrected chi connectivity index (χ2v) is 5.90. The van der Waals surface area contributed by atoms with Gasteiger partial charge in [0.25, 0.3) is 5.91 Å². The summed E-state index contributed by atoms with van der Waals surface area (Å²) in [6.45, 7) is 0.134. The Labute approximate surface area is 111 Å². The lowest BCUT2D eigenvalue weighted by Crippen LogP contribution is -2.26. The Morgan fingerprint density at radius 3 is 2.58 bits per heavy atom. The number of esters is 1. The summed E-state index contributed by atoms with van der Waals surface area (Å²) in [6, 6.07) is 5.71. The van der Waals surface area contributed by atoms with E-state index < -0.39 is 21.7 Å². The van der Waals surface area contributed by atoms with Crippen molar-refractivity contribution in [3.05, 3.63) is 29.8 Å². The van der Waals surface area contributed by atoms with Gasteiger partial charge in [-0.25, -0.2) is 8.42 Å². The highest BCUT2D eigenvalue weighted by molar-refractivity contribution is 7.90. The molecule has 0 saturated carbocycles. The van der Waals surface area contributed by atoms with E-state index in [0.717, 1.165) is 6.26 Å². The average molecular weight is 285 g/mol. The maximum atomic E-state index is 11.7. The summed E-state index contributed by atoms with van der Waals surface area (Å²) in [5.41, 5.74) is 0.229. The molecule has 0 aliphatic rings. The molecule has 1 amide bonds. The van der Waals surface area contributed by atoms with Crippen molar-refractivity contribution in [2.45, 2.75) is 11.3 Å². The van der Waals surface area contributed by atoms with Gasteiger partial charge < -0.3 is 10.1 Å². The Hall–Kier alpha value is -1.89. The van der Waals surface area contributed by atoms with Gasteiger partial charge in [-0.15, -0.1) is 0 Å². The Balaban J connectivity index is 2.70. The molecule has 0 aliphatic carbocycles. The van der Waals surface area contributed by atoms with Gasteiger partial charge in [-0.2, -0.15) is 0 Å². The SMILES string of the molecule is COC(=O)CCNC(=O)c1cccc(S(C)(=O)=O)c1. The molecule has 0 spiro atoms. The van der Waals surface area contributed by atoms with Crippen LogP contribution in [0.5, 0.6) is 0 Å². The van der Waals surface area contributed by atoms with Crippen LogP contribution in [0, 0.1) is 0 Å². The predicted octanol–water partition coefficient (Wildman–Crippen LogP) is 0.383. The van der Waals surface area contributed by atoms with Crippen LogP contribution in [-0.4, -0.2) is 40.2 Å². The maximum Gasteiger partial charge on any atom is 0.307 e. The van der Waals surface area contributed by atoms with Gasteiger partial charge in [0.1, 0.15) is 0 Å². The number of ether oxygens (including phenoxy) is 1. The number of hydrogen-bond acceptors (Lipinski definition) is 5. The summed E-state index contributed by atoms with van der Waals surface area (Å²) >= 11 is 0. The third-order valence-electron chi connectivity index (χ3n) is 2.37. The van der Waals surface area contributed by atoms with Gasteiger partial charge in [-0.3, -0.25) is 9.59 Å². The molecular formula is C12H15NO5S. The lowest BCUT2D eigenvalue weighted by atomic mass is 10.2. The van der Waals surface area contributed by atoms with Crippen molar-refractivity contribution in [3.8, 4) is 0 Å². The van der Waals surface area contributed by atoms with Crippen molar-refractivity contribution >= 4 is 21.7 Å². The van der Waals surface area contributed by atoms with E-state index in [2.05, 4.69) is 10.1 Å². The molecule has 104 valence electrons. The number of carbonyl (C=O) groups is 2. The number of rotatable bonds is 5. The molecule has 1 aromatic rings. The van der Waals surface area contributed by atoms with E-state index >= 15 is 0 Å². The summed E-state index contributed by atoms with van der Waals surface area (Å²) in [5, 5.41) is 2.51. The zero-order valence-corrected chi connectivity index (χ0v) is 11.5. The molecule has 0 unspecified atom stereocenters. The summed E-state index contributed by atoms with van der Waals surface area (Å²) in [7, 11) is -2.09. The van der Waals surface area contributed by atoms with Crippen molar-refractivity contribution in [3.63, 3.8) is 0 Å². The highest BCUT2D eigenvalue weighted by atomic mass is 32.2. The van der Waals surface area contributed by atoms with Crippen molar-refractivity contribution in [1.29, 1.82) is 0 Å². The van der Waals surface area contributed by atoms with E-state index in [4.69, 9.17) is 0 Å². The normalized spacial score (nSPS) is 10.8. The third kappa shape index (κ3) is 4.70. The van der Waals surface area contributed by atoms with E-state index in [9.17, 15) is 18.0 Å². The molecule has 1 N–H and O–H groups in total. The number of amides is 1. The molecule has 0 heterocycles. The van der Waals surface area contributed by atoms with E-state index in [0.29, 0.717) is 0 Å². The molecule has 19 heavy (non-hydrogen) atoms. The zero-order chi connectivity index (χ0) is 14.5. The molecule has 0 saturated heterocycles. The number of carbonyl (C=O) groups excluding carboxylic acids is 2. The highest BCUT2D eigenvalue weighted by Crippen LogP contribution is 2.11. The predicted molar refractivity (Wildman–Crippen MR) is 68.5 cm³/mol. The molecule has 0 bridgehead atoms. The van der Waals surface area contributed by atoms with Crippen LogP contribution in [0.15, 0.2) is 29.2 Å². The molecule has 0 radical (unpaired) electrons. The largest absolute Gasteiger partial charge is 0.469 e. The van der Waals surface area contributed by atoms with Crippen LogP contribution in [0.2, 0.25) is 0 Å². The molecule has 6 nitrogen and oxygen atoms in total. The number of sulfone groups is 1. The summed E-state index contributed by atoms with van der Waals surface area (Å²) in [5.74, 6) is -0.861. The standard InChI is InChI=1S/C12H15NO5S/c1-18-11(14)6-7-13-12(15)9-4-3-5-10(8-9)19(2,16)17/h3-5,8H,6-7H2,1-2H3,(H,13,15). The second-order valence-electron chi connectivity index (χ2n) is 3.88. The van der Waals surface area contributed by atoms with E-state index in [1.165, 1.54) is 31.4 Å². The first-order chi connectivity index (χ1) is 8.84. The topological polar surface area (TPSA) is 89.5 Å². The minimum Gasteiger partial charge on any atom is -0.469 e. The lowest BCUT2D eigenvalue weighted by molar-refractivity contribution is -0.140. The fourth-order valence-electron chi connectivity index (χ4n) is 1.35. The van der Waals surface area contributed by atoms with Crippen molar-refractivity contribution in [2.75, 3.05) is 19.9 Å². The van der Waals surface area contributed by atoms with Crippen LogP contribution in [-0.2, 0) is 19.4 Å². The van der Waals surface area contributed by atoms with E-state index in [1.807, 2.05) is 0 Å². The Kier molecular flexibility index (Phi) is 5.05. The quantitative estimate of drug-likeness (QED) is 0.790. The van der Waals surface area contributed by atoms with Gasteiger partial charge in [-0.1, -0.05) is 6.07 Å². The first-order valence-electron chi connectivity index (χ1n) is 5.49. The van der Waals surface area contributed by atoms with Gasteiger partial charge in [-0.05, 0) is 18.2 Å². The maximum absolute atomic E-state index is 11.7. The molecule has 0 aromatic heterocycles. The average Bonchev–Trinajstić information content (AvgIpc) is 2.37. The number of nitrogens with one attached hydrogen (secondary N) is 1. The fraction of sp³-hybridized carbons (Fsp3) is 0.333. The molecule has 1 rings (SSSR count).